The molecule has 1 aliphatic carbocycles. The zero-order chi connectivity index (χ0) is 33.2. The van der Waals surface area contributed by atoms with Crippen LogP contribution in [0.3, 0.4) is 0 Å². The van der Waals surface area contributed by atoms with Gasteiger partial charge in [0.2, 0.25) is 17.7 Å². The van der Waals surface area contributed by atoms with Gasteiger partial charge in [-0.3, -0.25) is 23.9 Å². The van der Waals surface area contributed by atoms with Gasteiger partial charge in [0.05, 0.1) is 0 Å². The highest BCUT2D eigenvalue weighted by molar-refractivity contribution is 6.00. The van der Waals surface area contributed by atoms with E-state index in [1.54, 1.807) is 38.4 Å². The third-order valence-electron chi connectivity index (χ3n) is 9.25. The smallest absolute Gasteiger partial charge is 0.270 e. The number of aryl methyl sites for hydroxylation is 1. The third kappa shape index (κ3) is 9.90. The number of piperazine rings is 1. The Morgan fingerprint density at radius 1 is 0.938 bits per heavy atom. The Balaban J connectivity index is 0.00000520. The summed E-state index contributed by atoms with van der Waals surface area (Å²) in [5.41, 5.74) is 3.07. The van der Waals surface area contributed by atoms with Crippen molar-refractivity contribution in [2.75, 3.05) is 25.0 Å². The standard InChI is InChI=1S/C36H47N7O4.ClH/c1-3-32(44)40-30(36(47)43-21-20-37-29(24-43)22-25-10-6-4-7-11-25)23-26-14-16-28(17-15-26)39-35(46)33(27-12-8-5-9-13-27)41-34(45)31-18-19-38-42(31)2;/h4,6-7,10-11,14-19,27,29-30,33,37H,3,5,8-9,12-13,20-24H2,1-2H3,(H,39,46)(H,40,44)(H,41,45);1H/t29-,30?,33?;/m1./s1. The molecule has 4 N–H and O–H groups in total. The Labute approximate surface area is 289 Å². The van der Waals surface area contributed by atoms with Crippen molar-refractivity contribution in [1.29, 1.82) is 0 Å². The molecule has 2 aromatic carbocycles. The molecule has 1 saturated heterocycles. The van der Waals surface area contributed by atoms with E-state index in [9.17, 15) is 19.2 Å². The Morgan fingerprint density at radius 3 is 2.33 bits per heavy atom. The number of carbonyl (C=O) groups is 4. The fourth-order valence-electron chi connectivity index (χ4n) is 6.63. The molecule has 2 fully saturated rings. The Hall–Kier alpha value is -4.22. The summed E-state index contributed by atoms with van der Waals surface area (Å²) >= 11 is 0. The van der Waals surface area contributed by atoms with Gasteiger partial charge in [0, 0.05) is 57.4 Å². The molecule has 48 heavy (non-hydrogen) atoms. The van der Waals surface area contributed by atoms with Crippen LogP contribution in [-0.2, 0) is 34.3 Å². The van der Waals surface area contributed by atoms with Crippen molar-refractivity contribution >= 4 is 41.7 Å². The molecule has 2 unspecified atom stereocenters. The first-order chi connectivity index (χ1) is 22.8. The van der Waals surface area contributed by atoms with E-state index in [0.29, 0.717) is 37.4 Å². The van der Waals surface area contributed by atoms with Crippen LogP contribution in [0.25, 0.3) is 0 Å². The molecule has 0 spiro atoms. The van der Waals surface area contributed by atoms with Crippen LogP contribution in [0.15, 0.2) is 66.9 Å². The second kappa shape index (κ2) is 17.8. The Bertz CT molecular complexity index is 1510. The molecular formula is C36H48ClN7O4. The lowest BCUT2D eigenvalue weighted by atomic mass is 9.83. The van der Waals surface area contributed by atoms with Crippen molar-refractivity contribution in [2.45, 2.75) is 76.4 Å². The van der Waals surface area contributed by atoms with Crippen molar-refractivity contribution in [2.24, 2.45) is 13.0 Å². The molecule has 0 radical (unpaired) electrons. The summed E-state index contributed by atoms with van der Waals surface area (Å²) in [5, 5.41) is 16.5. The minimum Gasteiger partial charge on any atom is -0.344 e. The zero-order valence-electron chi connectivity index (χ0n) is 27.8. The number of benzene rings is 2. The van der Waals surface area contributed by atoms with Crippen LogP contribution >= 0.6 is 12.4 Å². The lowest BCUT2D eigenvalue weighted by Gasteiger charge is -2.36. The van der Waals surface area contributed by atoms with Crippen LogP contribution in [0.1, 0.15) is 67.1 Å². The van der Waals surface area contributed by atoms with E-state index in [2.05, 4.69) is 38.5 Å². The summed E-state index contributed by atoms with van der Waals surface area (Å²) in [6.07, 6.45) is 7.94. The number of anilines is 1. The maximum Gasteiger partial charge on any atom is 0.270 e. The largest absolute Gasteiger partial charge is 0.344 e. The number of nitrogens with zero attached hydrogens (tertiary/aromatic N) is 3. The van der Waals surface area contributed by atoms with Crippen molar-refractivity contribution < 1.29 is 19.2 Å². The van der Waals surface area contributed by atoms with Crippen molar-refractivity contribution in [1.82, 2.24) is 30.6 Å². The first-order valence-corrected chi connectivity index (χ1v) is 16.8. The van der Waals surface area contributed by atoms with Crippen LogP contribution in [-0.4, -0.2) is 76.1 Å². The van der Waals surface area contributed by atoms with Gasteiger partial charge in [-0.2, -0.15) is 5.10 Å². The summed E-state index contributed by atoms with van der Waals surface area (Å²) in [7, 11) is 1.70. The number of hydrogen-bond donors (Lipinski definition) is 4. The average Bonchev–Trinajstić information content (AvgIpc) is 3.54. The monoisotopic (exact) mass is 677 g/mol. The summed E-state index contributed by atoms with van der Waals surface area (Å²) in [5.74, 6) is -0.807. The van der Waals surface area contributed by atoms with Gasteiger partial charge in [0.15, 0.2) is 0 Å². The summed E-state index contributed by atoms with van der Waals surface area (Å²) in [4.78, 5) is 54.7. The highest BCUT2D eigenvalue weighted by Crippen LogP contribution is 2.27. The third-order valence-corrected chi connectivity index (χ3v) is 9.25. The fraction of sp³-hybridized carbons (Fsp3) is 0.472. The van der Waals surface area contributed by atoms with Crippen LogP contribution in [0.4, 0.5) is 5.69 Å². The number of hydrogen-bond acceptors (Lipinski definition) is 6. The molecule has 12 heteroatoms. The number of carbonyl (C=O) groups excluding carboxylic acids is 4. The molecule has 1 aliphatic heterocycles. The van der Waals surface area contributed by atoms with Gasteiger partial charge in [0.1, 0.15) is 17.8 Å². The maximum atomic E-state index is 13.8. The lowest BCUT2D eigenvalue weighted by Crippen LogP contribution is -2.58. The van der Waals surface area contributed by atoms with Gasteiger partial charge >= 0.3 is 0 Å². The molecule has 2 heterocycles. The van der Waals surface area contributed by atoms with E-state index in [4.69, 9.17) is 0 Å². The van der Waals surface area contributed by atoms with Gasteiger partial charge < -0.3 is 26.2 Å². The molecule has 3 aromatic rings. The van der Waals surface area contributed by atoms with Crippen molar-refractivity contribution in [3.63, 3.8) is 0 Å². The minimum atomic E-state index is -0.698. The van der Waals surface area contributed by atoms with Crippen LogP contribution < -0.4 is 21.3 Å². The zero-order valence-corrected chi connectivity index (χ0v) is 28.6. The predicted molar refractivity (Wildman–Crippen MR) is 188 cm³/mol. The fourth-order valence-corrected chi connectivity index (χ4v) is 6.63. The van der Waals surface area contributed by atoms with E-state index < -0.39 is 12.1 Å². The maximum absolute atomic E-state index is 13.8. The van der Waals surface area contributed by atoms with E-state index in [1.807, 2.05) is 35.2 Å². The Kier molecular flexibility index (Phi) is 13.6. The number of rotatable bonds is 12. The Morgan fingerprint density at radius 2 is 1.67 bits per heavy atom. The number of halogens is 1. The average molecular weight is 678 g/mol. The summed E-state index contributed by atoms with van der Waals surface area (Å²) < 4.78 is 1.50. The predicted octanol–water partition coefficient (Wildman–Crippen LogP) is 3.64. The first kappa shape index (κ1) is 36.6. The topological polar surface area (TPSA) is 137 Å². The van der Waals surface area contributed by atoms with Crippen LogP contribution in [0, 0.1) is 5.92 Å². The number of aromatic nitrogens is 2. The number of amides is 4. The molecule has 5 rings (SSSR count). The minimum absolute atomic E-state index is 0. The summed E-state index contributed by atoms with van der Waals surface area (Å²) in [6.45, 7) is 3.61. The van der Waals surface area contributed by atoms with E-state index in [0.717, 1.165) is 44.1 Å². The van der Waals surface area contributed by atoms with E-state index in [1.165, 1.54) is 10.2 Å². The van der Waals surface area contributed by atoms with Gasteiger partial charge in [0.25, 0.3) is 5.91 Å². The molecule has 1 aromatic heterocycles. The van der Waals surface area contributed by atoms with Gasteiger partial charge in [-0.25, -0.2) is 0 Å². The molecule has 4 amide bonds. The van der Waals surface area contributed by atoms with Gasteiger partial charge in [-0.1, -0.05) is 68.7 Å². The SMILES string of the molecule is CCC(=O)NC(Cc1ccc(NC(=O)C(NC(=O)c2ccnn2C)C2CCCCC2)cc1)C(=O)N1CCN[C@H](Cc2ccccc2)C1.Cl. The normalized spacial score (nSPS) is 17.8. The van der Waals surface area contributed by atoms with Gasteiger partial charge in [-0.15, -0.1) is 12.4 Å². The van der Waals surface area contributed by atoms with E-state index in [-0.39, 0.29) is 54.4 Å². The van der Waals surface area contributed by atoms with Crippen molar-refractivity contribution in [3.05, 3.63) is 83.7 Å². The molecule has 258 valence electrons. The molecule has 1 saturated carbocycles. The van der Waals surface area contributed by atoms with Gasteiger partial charge in [-0.05, 0) is 54.5 Å². The quantitative estimate of drug-likeness (QED) is 0.231. The molecule has 3 atom stereocenters. The number of nitrogens with one attached hydrogen (secondary N) is 4. The highest BCUT2D eigenvalue weighted by atomic mass is 35.5. The molecule has 11 nitrogen and oxygen atoms in total. The molecule has 0 bridgehead atoms. The van der Waals surface area contributed by atoms with Crippen LogP contribution in [0.5, 0.6) is 0 Å². The van der Waals surface area contributed by atoms with Crippen LogP contribution in [0.2, 0.25) is 0 Å². The highest BCUT2D eigenvalue weighted by Gasteiger charge is 2.33. The molecule has 2 aliphatic rings. The van der Waals surface area contributed by atoms with Crippen molar-refractivity contribution in [3.8, 4) is 0 Å². The first-order valence-electron chi connectivity index (χ1n) is 16.8. The second-order valence-corrected chi connectivity index (χ2v) is 12.7. The molecular weight excluding hydrogens is 630 g/mol. The second-order valence-electron chi connectivity index (χ2n) is 12.7. The van der Waals surface area contributed by atoms with E-state index >= 15 is 0 Å². The summed E-state index contributed by atoms with van der Waals surface area (Å²) in [6, 6.07) is 18.0. The lowest BCUT2D eigenvalue weighted by molar-refractivity contribution is -0.137.